The van der Waals surface area contributed by atoms with Crippen LogP contribution in [0, 0.1) is 5.82 Å². The second kappa shape index (κ2) is 10.6. The maximum absolute atomic E-state index is 13.5. The van der Waals surface area contributed by atoms with Crippen molar-refractivity contribution in [1.29, 1.82) is 0 Å². The van der Waals surface area contributed by atoms with Crippen molar-refractivity contribution < 1.29 is 23.2 Å². The topological polar surface area (TPSA) is 112 Å². The third-order valence-electron chi connectivity index (χ3n) is 4.20. The summed E-state index contributed by atoms with van der Waals surface area (Å²) in [6.45, 7) is 0.554. The number of furan rings is 1. The molecule has 0 spiro atoms. The lowest BCUT2D eigenvalue weighted by molar-refractivity contribution is 0.0948. The van der Waals surface area contributed by atoms with Crippen LogP contribution in [0.25, 0.3) is 0 Å². The van der Waals surface area contributed by atoms with E-state index in [4.69, 9.17) is 4.42 Å². The first-order chi connectivity index (χ1) is 15.0. The summed E-state index contributed by atoms with van der Waals surface area (Å²) in [7, 11) is 0. The van der Waals surface area contributed by atoms with Gasteiger partial charge in [-0.15, -0.1) is 0 Å². The largest absolute Gasteiger partial charge is 0.459 e. The van der Waals surface area contributed by atoms with Gasteiger partial charge < -0.3 is 25.7 Å². The molecule has 1 aromatic heterocycles. The van der Waals surface area contributed by atoms with Crippen LogP contribution in [0.4, 0.5) is 14.9 Å². The van der Waals surface area contributed by atoms with E-state index in [0.717, 1.165) is 5.56 Å². The molecule has 0 fully saturated rings. The first kappa shape index (κ1) is 21.6. The van der Waals surface area contributed by atoms with Gasteiger partial charge in [-0.2, -0.15) is 0 Å². The van der Waals surface area contributed by atoms with Crippen molar-refractivity contribution in [3.8, 4) is 0 Å². The zero-order valence-electron chi connectivity index (χ0n) is 16.5. The van der Waals surface area contributed by atoms with Crippen LogP contribution in [0.15, 0.2) is 71.3 Å². The summed E-state index contributed by atoms with van der Waals surface area (Å²) >= 11 is 0. The summed E-state index contributed by atoms with van der Waals surface area (Å²) in [6, 6.07) is 15.4. The lowest BCUT2D eigenvalue weighted by atomic mass is 10.2. The molecule has 0 radical (unpaired) electrons. The molecule has 0 aliphatic carbocycles. The second-order valence-electron chi connectivity index (χ2n) is 6.48. The number of rotatable bonds is 8. The van der Waals surface area contributed by atoms with E-state index in [-0.39, 0.29) is 36.9 Å². The highest BCUT2D eigenvalue weighted by atomic mass is 19.1. The maximum Gasteiger partial charge on any atom is 0.315 e. The fraction of sp³-hybridized carbons (Fsp3) is 0.136. The molecule has 0 saturated carbocycles. The molecule has 0 aliphatic heterocycles. The molecule has 0 saturated heterocycles. The fourth-order valence-corrected chi connectivity index (χ4v) is 2.70. The number of halogens is 1. The van der Waals surface area contributed by atoms with Crippen molar-refractivity contribution >= 4 is 23.5 Å². The molecule has 9 heteroatoms. The Labute approximate surface area is 177 Å². The van der Waals surface area contributed by atoms with Crippen molar-refractivity contribution in [2.75, 3.05) is 18.4 Å². The molecule has 2 aromatic carbocycles. The minimum absolute atomic E-state index is 0.0500. The molecule has 8 nitrogen and oxygen atoms in total. The van der Waals surface area contributed by atoms with Crippen LogP contribution in [0.5, 0.6) is 0 Å². The van der Waals surface area contributed by atoms with Gasteiger partial charge in [0.25, 0.3) is 11.8 Å². The number of benzene rings is 2. The standard InChI is InChI=1S/C22H21FN4O4/c23-18-8-2-1-7-17(18)20(28)24-10-11-25-22(30)26-14-15-5-3-6-16(13-15)27-21(29)19-9-4-12-31-19/h1-9,12-13H,10-11,14H2,(H,24,28)(H,27,29)(H2,25,26,30). The van der Waals surface area contributed by atoms with Crippen LogP contribution in [0.2, 0.25) is 0 Å². The van der Waals surface area contributed by atoms with Gasteiger partial charge in [0.15, 0.2) is 5.76 Å². The Kier molecular flexibility index (Phi) is 7.36. The van der Waals surface area contributed by atoms with E-state index < -0.39 is 17.8 Å². The fourth-order valence-electron chi connectivity index (χ4n) is 2.70. The molecule has 4 amide bonds. The van der Waals surface area contributed by atoms with Gasteiger partial charge in [0.1, 0.15) is 5.82 Å². The molecule has 160 valence electrons. The van der Waals surface area contributed by atoms with Gasteiger partial charge in [0.05, 0.1) is 11.8 Å². The van der Waals surface area contributed by atoms with E-state index >= 15 is 0 Å². The molecule has 1 heterocycles. The van der Waals surface area contributed by atoms with Gasteiger partial charge in [-0.25, -0.2) is 9.18 Å². The smallest absolute Gasteiger partial charge is 0.315 e. The summed E-state index contributed by atoms with van der Waals surface area (Å²) in [6.07, 6.45) is 1.42. The van der Waals surface area contributed by atoms with Crippen molar-refractivity contribution in [2.45, 2.75) is 6.54 Å². The average Bonchev–Trinajstić information content (AvgIpc) is 3.31. The molecule has 0 bridgehead atoms. The van der Waals surface area contributed by atoms with E-state index in [0.29, 0.717) is 5.69 Å². The Bertz CT molecular complexity index is 1050. The highest BCUT2D eigenvalue weighted by molar-refractivity contribution is 6.02. The van der Waals surface area contributed by atoms with E-state index in [1.54, 1.807) is 42.5 Å². The summed E-state index contributed by atoms with van der Waals surface area (Å²) in [4.78, 5) is 35.8. The first-order valence-corrected chi connectivity index (χ1v) is 9.51. The quantitative estimate of drug-likeness (QED) is 0.417. The van der Waals surface area contributed by atoms with Crippen LogP contribution < -0.4 is 21.3 Å². The van der Waals surface area contributed by atoms with Crippen molar-refractivity contribution in [3.63, 3.8) is 0 Å². The van der Waals surface area contributed by atoms with Crippen molar-refractivity contribution in [3.05, 3.63) is 89.6 Å². The van der Waals surface area contributed by atoms with Gasteiger partial charge in [-0.3, -0.25) is 9.59 Å². The molecular weight excluding hydrogens is 403 g/mol. The summed E-state index contributed by atoms with van der Waals surface area (Å²) in [5.41, 5.74) is 1.29. The number of amides is 4. The van der Waals surface area contributed by atoms with E-state index in [2.05, 4.69) is 21.3 Å². The molecule has 0 atom stereocenters. The van der Waals surface area contributed by atoms with E-state index in [1.165, 1.54) is 24.5 Å². The normalized spacial score (nSPS) is 10.2. The van der Waals surface area contributed by atoms with Gasteiger partial charge in [-0.05, 0) is 42.0 Å². The van der Waals surface area contributed by atoms with Crippen LogP contribution in [0.3, 0.4) is 0 Å². The third kappa shape index (κ3) is 6.43. The molecule has 3 aromatic rings. The number of urea groups is 1. The Morgan fingerprint density at radius 1 is 0.839 bits per heavy atom. The van der Waals surface area contributed by atoms with E-state index in [9.17, 15) is 18.8 Å². The second-order valence-corrected chi connectivity index (χ2v) is 6.48. The molecule has 4 N–H and O–H groups in total. The average molecular weight is 424 g/mol. The van der Waals surface area contributed by atoms with Crippen molar-refractivity contribution in [1.82, 2.24) is 16.0 Å². The van der Waals surface area contributed by atoms with Gasteiger partial charge in [0, 0.05) is 25.3 Å². The predicted molar refractivity (Wildman–Crippen MR) is 112 cm³/mol. The minimum atomic E-state index is -0.603. The zero-order chi connectivity index (χ0) is 22.1. The summed E-state index contributed by atoms with van der Waals surface area (Å²) in [5.74, 6) is -1.32. The number of anilines is 1. The molecule has 0 unspecified atom stereocenters. The number of carbonyl (C=O) groups is 3. The SMILES string of the molecule is O=C(NCCNC(=O)c1ccccc1F)NCc1cccc(NC(=O)c2ccco2)c1. The number of hydrogen-bond donors (Lipinski definition) is 4. The monoisotopic (exact) mass is 424 g/mol. The zero-order valence-corrected chi connectivity index (χ0v) is 16.5. The number of carbonyl (C=O) groups excluding carboxylic acids is 3. The summed E-state index contributed by atoms with van der Waals surface area (Å²) < 4.78 is 18.6. The highest BCUT2D eigenvalue weighted by Gasteiger charge is 2.11. The lowest BCUT2D eigenvalue weighted by Gasteiger charge is -2.10. The first-order valence-electron chi connectivity index (χ1n) is 9.51. The highest BCUT2D eigenvalue weighted by Crippen LogP contribution is 2.12. The molecular formula is C22H21FN4O4. The van der Waals surface area contributed by atoms with Gasteiger partial charge >= 0.3 is 6.03 Å². The van der Waals surface area contributed by atoms with Crippen LogP contribution >= 0.6 is 0 Å². The van der Waals surface area contributed by atoms with E-state index in [1.807, 2.05) is 0 Å². The Balaban J connectivity index is 1.38. The molecule has 3 rings (SSSR count). The van der Waals surface area contributed by atoms with Gasteiger partial charge in [0.2, 0.25) is 0 Å². The Morgan fingerprint density at radius 3 is 2.42 bits per heavy atom. The van der Waals surface area contributed by atoms with Crippen LogP contribution in [0.1, 0.15) is 26.5 Å². The number of nitrogens with one attached hydrogen (secondary N) is 4. The predicted octanol–water partition coefficient (Wildman–Crippen LogP) is 2.90. The molecule has 0 aliphatic rings. The van der Waals surface area contributed by atoms with Gasteiger partial charge in [-0.1, -0.05) is 24.3 Å². The Hall–Kier alpha value is -4.14. The Morgan fingerprint density at radius 2 is 1.65 bits per heavy atom. The van der Waals surface area contributed by atoms with Crippen LogP contribution in [-0.4, -0.2) is 30.9 Å². The third-order valence-corrected chi connectivity index (χ3v) is 4.20. The van der Waals surface area contributed by atoms with Crippen LogP contribution in [-0.2, 0) is 6.54 Å². The summed E-state index contributed by atoms with van der Waals surface area (Å²) in [5, 5.41) is 10.5. The molecule has 31 heavy (non-hydrogen) atoms. The number of hydrogen-bond acceptors (Lipinski definition) is 4. The maximum atomic E-state index is 13.5. The lowest BCUT2D eigenvalue weighted by Crippen LogP contribution is -2.40. The van der Waals surface area contributed by atoms with Crippen molar-refractivity contribution in [2.24, 2.45) is 0 Å². The minimum Gasteiger partial charge on any atom is -0.459 e.